The molecule has 3 aliphatic carbocycles. The summed E-state index contributed by atoms with van der Waals surface area (Å²) in [5.41, 5.74) is 13.2. The molecule has 242 valence electrons. The molecule has 5 heteroatoms. The van der Waals surface area contributed by atoms with E-state index in [1.807, 2.05) is 0 Å². The van der Waals surface area contributed by atoms with E-state index >= 15 is 0 Å². The Morgan fingerprint density at radius 2 is 0.932 bits per heavy atom. The molecule has 4 fully saturated rings. The number of rotatable bonds is 6. The van der Waals surface area contributed by atoms with Gasteiger partial charge in [-0.1, -0.05) is 81.8 Å². The van der Waals surface area contributed by atoms with Gasteiger partial charge in [0, 0.05) is 29.6 Å². The first kappa shape index (κ1) is 33.0. The predicted molar refractivity (Wildman–Crippen MR) is 196 cm³/mol. The Morgan fingerprint density at radius 3 is 1.30 bits per heavy atom. The Labute approximate surface area is 280 Å². The third-order valence-electron chi connectivity index (χ3n) is 11.8. The van der Waals surface area contributed by atoms with Crippen molar-refractivity contribution in [3.05, 3.63) is 57.6 Å². The van der Waals surface area contributed by atoms with Crippen LogP contribution in [0.1, 0.15) is 123 Å². The molecule has 2 aromatic rings. The van der Waals surface area contributed by atoms with Crippen LogP contribution in [0.4, 0.5) is 11.4 Å². The summed E-state index contributed by atoms with van der Waals surface area (Å²) in [7, 11) is -0.237. The van der Waals surface area contributed by atoms with Gasteiger partial charge in [0.15, 0.2) is 0 Å². The van der Waals surface area contributed by atoms with Crippen LogP contribution in [0.5, 0.6) is 0 Å². The van der Waals surface area contributed by atoms with Crippen molar-refractivity contribution in [1.29, 1.82) is 0 Å². The van der Waals surface area contributed by atoms with E-state index in [1.54, 1.807) is 0 Å². The lowest BCUT2D eigenvalue weighted by Gasteiger charge is -2.59. The first-order chi connectivity index (χ1) is 21.0. The maximum atomic E-state index is 7.07. The van der Waals surface area contributed by atoms with E-state index in [-0.39, 0.29) is 13.1 Å². The molecule has 2 nitrogen and oxygen atoms in total. The molecule has 6 rings (SSSR count). The lowest BCUT2D eigenvalue weighted by molar-refractivity contribution is 0.316. The van der Waals surface area contributed by atoms with Crippen LogP contribution >= 0.6 is 31.1 Å². The third kappa shape index (κ3) is 6.32. The molecule has 1 aliphatic heterocycles. The van der Waals surface area contributed by atoms with E-state index in [0.29, 0.717) is 6.17 Å². The van der Waals surface area contributed by atoms with Crippen molar-refractivity contribution < 1.29 is 0 Å². The minimum atomic E-state index is -0.594. The zero-order valence-corrected chi connectivity index (χ0v) is 30.9. The Balaban J connectivity index is 1.58. The Hall–Kier alpha value is -0.950. The second-order valence-corrected chi connectivity index (χ2v) is 20.0. The van der Waals surface area contributed by atoms with Crippen molar-refractivity contribution in [2.45, 2.75) is 158 Å². The topological polar surface area (TPSA) is 6.48 Å². The highest BCUT2D eigenvalue weighted by molar-refractivity contribution is 7.61. The molecular formula is C39H57Cl2N2P. The molecular weight excluding hydrogens is 598 g/mol. The van der Waals surface area contributed by atoms with Crippen LogP contribution in [-0.4, -0.2) is 40.1 Å². The van der Waals surface area contributed by atoms with E-state index in [2.05, 4.69) is 75.6 Å². The molecule has 0 unspecified atom stereocenters. The van der Waals surface area contributed by atoms with Gasteiger partial charge >= 0.3 is 0 Å². The van der Waals surface area contributed by atoms with E-state index in [1.165, 1.54) is 109 Å². The van der Waals surface area contributed by atoms with Crippen molar-refractivity contribution in [1.82, 2.24) is 0 Å². The third-order valence-corrected chi connectivity index (χ3v) is 16.9. The summed E-state index contributed by atoms with van der Waals surface area (Å²) in [6, 6.07) is 9.69. The zero-order valence-electron chi connectivity index (χ0n) is 28.5. The van der Waals surface area contributed by atoms with Gasteiger partial charge in [0.25, 0.3) is 0 Å². The second kappa shape index (κ2) is 13.3. The maximum absolute atomic E-state index is 7.07. The SMILES string of the molecule is Cc1cc(C)c(N2CCN(c3c(C)cc(C)cc3C)C2C2(P(C3CCCCC3)C3CCCCC3)CCC(Cl)(Cl)CC2)c(C)c1. The van der Waals surface area contributed by atoms with Crippen LogP contribution in [-0.2, 0) is 0 Å². The van der Waals surface area contributed by atoms with Crippen LogP contribution in [0.3, 0.4) is 0 Å². The van der Waals surface area contributed by atoms with Gasteiger partial charge in [-0.25, -0.2) is 0 Å². The highest BCUT2D eigenvalue weighted by Crippen LogP contribution is 2.71. The van der Waals surface area contributed by atoms with Crippen molar-refractivity contribution in [3.8, 4) is 0 Å². The Kier molecular flexibility index (Phi) is 9.95. The average molecular weight is 656 g/mol. The number of aryl methyl sites for hydroxylation is 6. The number of hydrogen-bond acceptors (Lipinski definition) is 2. The van der Waals surface area contributed by atoms with Crippen LogP contribution in [0.2, 0.25) is 0 Å². The van der Waals surface area contributed by atoms with Gasteiger partial charge in [0.1, 0.15) is 10.5 Å². The molecule has 0 spiro atoms. The molecule has 0 aromatic heterocycles. The minimum absolute atomic E-state index is 0.205. The molecule has 0 bridgehead atoms. The first-order valence-corrected chi connectivity index (χ1v) is 20.1. The van der Waals surface area contributed by atoms with Gasteiger partial charge < -0.3 is 9.80 Å². The maximum Gasteiger partial charge on any atom is 0.118 e. The summed E-state index contributed by atoms with van der Waals surface area (Å²) in [6.07, 6.45) is 18.8. The van der Waals surface area contributed by atoms with E-state index in [0.717, 1.165) is 50.1 Å². The first-order valence-electron chi connectivity index (χ1n) is 17.9. The van der Waals surface area contributed by atoms with E-state index in [9.17, 15) is 0 Å². The molecule has 1 saturated heterocycles. The molecule has 3 saturated carbocycles. The highest BCUT2D eigenvalue weighted by atomic mass is 35.5. The van der Waals surface area contributed by atoms with Crippen molar-refractivity contribution in [2.24, 2.45) is 0 Å². The summed E-state index contributed by atoms with van der Waals surface area (Å²) in [4.78, 5) is 5.83. The summed E-state index contributed by atoms with van der Waals surface area (Å²) >= 11 is 14.1. The normalized spacial score (nSPS) is 23.6. The molecule has 2 aromatic carbocycles. The standard InChI is InChI=1S/C39H57Cl2N2P/c1-27-23-29(3)35(30(4)24-27)42-21-22-43(36-31(5)25-28(2)26-32(36)6)37(42)38(17-19-39(40,41)20-18-38)44(33-13-9-7-10-14-33)34-15-11-8-12-16-34/h23-26,33-34,37H,7-22H2,1-6H3. The van der Waals surface area contributed by atoms with Crippen LogP contribution in [0, 0.1) is 41.5 Å². The van der Waals surface area contributed by atoms with Gasteiger partial charge in [-0.15, -0.1) is 23.2 Å². The number of benzene rings is 2. The number of hydrogen-bond donors (Lipinski definition) is 0. The summed E-state index contributed by atoms with van der Waals surface area (Å²) < 4.78 is -0.594. The number of halogens is 2. The Bertz CT molecular complexity index is 1190. The van der Waals surface area contributed by atoms with Gasteiger partial charge in [-0.3, -0.25) is 0 Å². The fourth-order valence-electron chi connectivity index (χ4n) is 10.4. The monoisotopic (exact) mass is 654 g/mol. The number of anilines is 2. The number of nitrogens with zero attached hydrogens (tertiary/aromatic N) is 2. The van der Waals surface area contributed by atoms with Crippen LogP contribution in [0.25, 0.3) is 0 Å². The Morgan fingerprint density at radius 1 is 0.568 bits per heavy atom. The molecule has 0 N–H and O–H groups in total. The number of alkyl halides is 2. The fourth-order valence-corrected chi connectivity index (χ4v) is 15.9. The zero-order chi connectivity index (χ0) is 31.2. The molecule has 0 atom stereocenters. The highest BCUT2D eigenvalue weighted by Gasteiger charge is 2.59. The quantitative estimate of drug-likeness (QED) is 0.226. The van der Waals surface area contributed by atoms with Crippen molar-refractivity contribution in [2.75, 3.05) is 22.9 Å². The summed E-state index contributed by atoms with van der Waals surface area (Å²) in [6.45, 7) is 16.1. The summed E-state index contributed by atoms with van der Waals surface area (Å²) in [5.74, 6) is 0. The predicted octanol–water partition coefficient (Wildman–Crippen LogP) is 11.8. The van der Waals surface area contributed by atoms with E-state index in [4.69, 9.17) is 23.2 Å². The average Bonchev–Trinajstić information content (AvgIpc) is 3.39. The molecule has 0 radical (unpaired) electrons. The van der Waals surface area contributed by atoms with Gasteiger partial charge in [-0.2, -0.15) is 0 Å². The van der Waals surface area contributed by atoms with Crippen molar-refractivity contribution >= 4 is 42.5 Å². The molecule has 1 heterocycles. The largest absolute Gasteiger partial charge is 0.348 e. The van der Waals surface area contributed by atoms with Gasteiger partial charge in [-0.05, 0) is 126 Å². The lowest BCUT2D eigenvalue weighted by Crippen LogP contribution is -2.60. The van der Waals surface area contributed by atoms with Gasteiger partial charge in [0.2, 0.25) is 0 Å². The molecule has 4 aliphatic rings. The van der Waals surface area contributed by atoms with E-state index < -0.39 is 4.33 Å². The second-order valence-electron chi connectivity index (χ2n) is 15.2. The molecule has 0 amide bonds. The van der Waals surface area contributed by atoms with Gasteiger partial charge in [0.05, 0.1) is 0 Å². The molecule has 44 heavy (non-hydrogen) atoms. The minimum Gasteiger partial charge on any atom is -0.348 e. The smallest absolute Gasteiger partial charge is 0.118 e. The fraction of sp³-hybridized carbons (Fsp3) is 0.692. The van der Waals surface area contributed by atoms with Crippen molar-refractivity contribution in [3.63, 3.8) is 0 Å². The lowest BCUT2D eigenvalue weighted by atomic mass is 9.83. The van der Waals surface area contributed by atoms with Crippen LogP contribution < -0.4 is 9.80 Å². The summed E-state index contributed by atoms with van der Waals surface area (Å²) in [5, 5.41) is 0.205. The van der Waals surface area contributed by atoms with Crippen LogP contribution in [0.15, 0.2) is 24.3 Å².